The Morgan fingerprint density at radius 3 is 2.88 bits per heavy atom. The molecule has 0 radical (unpaired) electrons. The van der Waals surface area contributed by atoms with E-state index in [0.717, 1.165) is 22.9 Å². The summed E-state index contributed by atoms with van der Waals surface area (Å²) < 4.78 is 14.1. The summed E-state index contributed by atoms with van der Waals surface area (Å²) >= 11 is 1.68. The van der Waals surface area contributed by atoms with Gasteiger partial charge >= 0.3 is 0 Å². The van der Waals surface area contributed by atoms with Gasteiger partial charge in [-0.25, -0.2) is 4.39 Å². The summed E-state index contributed by atoms with van der Waals surface area (Å²) in [5.41, 5.74) is 0. The molecule has 3 heteroatoms. The van der Waals surface area contributed by atoms with Crippen LogP contribution >= 0.6 is 11.3 Å². The van der Waals surface area contributed by atoms with Crippen LogP contribution in [0.4, 0.5) is 4.39 Å². The molecule has 0 spiro atoms. The van der Waals surface area contributed by atoms with Crippen LogP contribution in [-0.4, -0.2) is 7.05 Å². The van der Waals surface area contributed by atoms with E-state index in [2.05, 4.69) is 18.3 Å². The van der Waals surface area contributed by atoms with Gasteiger partial charge in [0.05, 0.1) is 0 Å². The van der Waals surface area contributed by atoms with Crippen LogP contribution in [0.25, 0.3) is 10.1 Å². The van der Waals surface area contributed by atoms with E-state index in [0.29, 0.717) is 6.04 Å². The van der Waals surface area contributed by atoms with Gasteiger partial charge in [-0.1, -0.05) is 19.4 Å². The number of halogens is 1. The van der Waals surface area contributed by atoms with Crippen molar-refractivity contribution >= 4 is 21.4 Å². The Bertz CT molecular complexity index is 478. The van der Waals surface area contributed by atoms with Crippen LogP contribution in [0, 0.1) is 5.82 Å². The monoisotopic (exact) mass is 237 g/mol. The molecule has 86 valence electrons. The Morgan fingerprint density at radius 2 is 2.19 bits per heavy atom. The number of hydrogen-bond donors (Lipinski definition) is 1. The Hall–Kier alpha value is -0.930. The molecule has 1 aromatic carbocycles. The van der Waals surface area contributed by atoms with Crippen LogP contribution in [0.2, 0.25) is 0 Å². The molecule has 1 N–H and O–H groups in total. The van der Waals surface area contributed by atoms with Gasteiger partial charge in [0.25, 0.3) is 0 Å². The topological polar surface area (TPSA) is 12.0 Å². The third kappa shape index (κ3) is 2.25. The molecule has 1 nitrogen and oxygen atoms in total. The average molecular weight is 237 g/mol. The summed E-state index contributed by atoms with van der Waals surface area (Å²) in [7, 11) is 1.98. The highest BCUT2D eigenvalue weighted by Gasteiger charge is 2.11. The maximum atomic E-state index is 13.1. The van der Waals surface area contributed by atoms with Crippen molar-refractivity contribution in [3.8, 4) is 0 Å². The minimum atomic E-state index is -0.155. The number of fused-ring (bicyclic) bond motifs is 1. The highest BCUT2D eigenvalue weighted by atomic mass is 32.1. The third-order valence-electron chi connectivity index (χ3n) is 2.77. The van der Waals surface area contributed by atoms with E-state index >= 15 is 0 Å². The fraction of sp³-hybridized carbons (Fsp3) is 0.385. The molecule has 2 rings (SSSR count). The molecule has 1 heterocycles. The van der Waals surface area contributed by atoms with Gasteiger partial charge in [0, 0.05) is 15.6 Å². The van der Waals surface area contributed by atoms with Gasteiger partial charge in [-0.15, -0.1) is 11.3 Å². The fourth-order valence-electron chi connectivity index (χ4n) is 1.91. The lowest BCUT2D eigenvalue weighted by molar-refractivity contribution is 0.550. The molecule has 0 aliphatic rings. The van der Waals surface area contributed by atoms with Gasteiger partial charge in [0.1, 0.15) is 5.82 Å². The highest BCUT2D eigenvalue weighted by Crippen LogP contribution is 2.32. The summed E-state index contributed by atoms with van der Waals surface area (Å²) in [5.74, 6) is -0.155. The van der Waals surface area contributed by atoms with Gasteiger partial charge in [-0.2, -0.15) is 0 Å². The molecule has 0 aliphatic heterocycles. The van der Waals surface area contributed by atoms with Crippen molar-refractivity contribution in [2.75, 3.05) is 7.05 Å². The quantitative estimate of drug-likeness (QED) is 0.844. The largest absolute Gasteiger partial charge is 0.312 e. The summed E-state index contributed by atoms with van der Waals surface area (Å²) in [6.45, 7) is 2.18. The van der Waals surface area contributed by atoms with E-state index in [4.69, 9.17) is 0 Å². The zero-order valence-electron chi connectivity index (χ0n) is 9.59. The molecule has 2 aromatic rings. The molecule has 0 saturated heterocycles. The average Bonchev–Trinajstić information content (AvgIpc) is 2.68. The first-order valence-electron chi connectivity index (χ1n) is 5.61. The van der Waals surface area contributed by atoms with Gasteiger partial charge in [-0.3, -0.25) is 0 Å². The van der Waals surface area contributed by atoms with Gasteiger partial charge in [0.15, 0.2) is 0 Å². The predicted molar refractivity (Wildman–Crippen MR) is 68.5 cm³/mol. The van der Waals surface area contributed by atoms with Crippen LogP contribution in [-0.2, 0) is 0 Å². The summed E-state index contributed by atoms with van der Waals surface area (Å²) in [6, 6.07) is 7.54. The molecule has 0 fully saturated rings. The van der Waals surface area contributed by atoms with Crippen LogP contribution < -0.4 is 5.32 Å². The molecule has 1 atom stereocenters. The first kappa shape index (κ1) is 11.6. The second kappa shape index (κ2) is 4.93. The molecule has 0 bridgehead atoms. The van der Waals surface area contributed by atoms with Crippen LogP contribution in [0.5, 0.6) is 0 Å². The normalized spacial score (nSPS) is 13.2. The smallest absolute Gasteiger partial charge is 0.124 e. The SMILES string of the molecule is CCCC(NC)c1cc2ccc(F)cc2s1. The standard InChI is InChI=1S/C13H16FNS/c1-3-4-11(15-2)13-7-9-5-6-10(14)8-12(9)16-13/h5-8,11,15H,3-4H2,1-2H3. The Labute approximate surface area is 99.3 Å². The lowest BCUT2D eigenvalue weighted by atomic mass is 10.1. The van der Waals surface area contributed by atoms with Crippen LogP contribution in [0.1, 0.15) is 30.7 Å². The first-order valence-corrected chi connectivity index (χ1v) is 6.42. The van der Waals surface area contributed by atoms with Crippen LogP contribution in [0.3, 0.4) is 0 Å². The number of nitrogens with one attached hydrogen (secondary N) is 1. The van der Waals surface area contributed by atoms with E-state index in [9.17, 15) is 4.39 Å². The fourth-order valence-corrected chi connectivity index (χ4v) is 3.15. The van der Waals surface area contributed by atoms with E-state index in [-0.39, 0.29) is 5.82 Å². The highest BCUT2D eigenvalue weighted by molar-refractivity contribution is 7.19. The third-order valence-corrected chi connectivity index (χ3v) is 3.98. The van der Waals surface area contributed by atoms with Crippen molar-refractivity contribution in [1.82, 2.24) is 5.32 Å². The van der Waals surface area contributed by atoms with Gasteiger partial charge in [0.2, 0.25) is 0 Å². The Balaban J connectivity index is 2.37. The Morgan fingerprint density at radius 1 is 1.38 bits per heavy atom. The molecule has 0 aliphatic carbocycles. The van der Waals surface area contributed by atoms with Crippen molar-refractivity contribution in [3.05, 3.63) is 35.0 Å². The predicted octanol–water partition coefficient (Wildman–Crippen LogP) is 4.10. The minimum absolute atomic E-state index is 0.155. The molecule has 0 amide bonds. The summed E-state index contributed by atoms with van der Waals surface area (Å²) in [5, 5.41) is 4.45. The molecule has 16 heavy (non-hydrogen) atoms. The molecular weight excluding hydrogens is 221 g/mol. The van der Waals surface area contributed by atoms with Crippen molar-refractivity contribution in [1.29, 1.82) is 0 Å². The number of benzene rings is 1. The number of rotatable bonds is 4. The van der Waals surface area contributed by atoms with Crippen molar-refractivity contribution in [3.63, 3.8) is 0 Å². The van der Waals surface area contributed by atoms with E-state index in [1.807, 2.05) is 13.1 Å². The maximum absolute atomic E-state index is 13.1. The Kier molecular flexibility index (Phi) is 3.56. The number of hydrogen-bond acceptors (Lipinski definition) is 2. The first-order chi connectivity index (χ1) is 7.74. The second-order valence-corrected chi connectivity index (χ2v) is 5.08. The van der Waals surface area contributed by atoms with Crippen molar-refractivity contribution in [2.24, 2.45) is 0 Å². The van der Waals surface area contributed by atoms with E-state index < -0.39 is 0 Å². The van der Waals surface area contributed by atoms with E-state index in [1.54, 1.807) is 17.4 Å². The molecular formula is C13H16FNS. The zero-order chi connectivity index (χ0) is 11.5. The van der Waals surface area contributed by atoms with Crippen LogP contribution in [0.15, 0.2) is 24.3 Å². The van der Waals surface area contributed by atoms with E-state index in [1.165, 1.54) is 10.9 Å². The summed E-state index contributed by atoms with van der Waals surface area (Å²) in [4.78, 5) is 1.30. The molecule has 0 saturated carbocycles. The lowest BCUT2D eigenvalue weighted by Gasteiger charge is -2.12. The minimum Gasteiger partial charge on any atom is -0.312 e. The zero-order valence-corrected chi connectivity index (χ0v) is 10.4. The molecule has 1 aromatic heterocycles. The molecule has 1 unspecified atom stereocenters. The van der Waals surface area contributed by atoms with Gasteiger partial charge in [-0.05, 0) is 37.1 Å². The summed E-state index contributed by atoms with van der Waals surface area (Å²) in [6.07, 6.45) is 2.26. The lowest BCUT2D eigenvalue weighted by Crippen LogP contribution is -2.14. The second-order valence-electron chi connectivity index (χ2n) is 3.96. The van der Waals surface area contributed by atoms with Gasteiger partial charge < -0.3 is 5.32 Å². The van der Waals surface area contributed by atoms with Crippen molar-refractivity contribution in [2.45, 2.75) is 25.8 Å². The maximum Gasteiger partial charge on any atom is 0.124 e. The van der Waals surface area contributed by atoms with Crippen molar-refractivity contribution < 1.29 is 4.39 Å². The number of thiophene rings is 1.